The molecule has 18 heavy (non-hydrogen) atoms. The number of nitrogens with zero attached hydrogens (tertiary/aromatic N) is 1. The van der Waals surface area contributed by atoms with E-state index in [9.17, 15) is 4.79 Å². The van der Waals surface area contributed by atoms with Gasteiger partial charge in [-0.3, -0.25) is 0 Å². The lowest BCUT2D eigenvalue weighted by Crippen LogP contribution is -2.39. The number of hydrogen-bond donors (Lipinski definition) is 1. The lowest BCUT2D eigenvalue weighted by atomic mass is 9.75. The first-order valence-electron chi connectivity index (χ1n) is 6.40. The number of rotatable bonds is 4. The summed E-state index contributed by atoms with van der Waals surface area (Å²) in [6.07, 6.45) is 4.22. The number of carbonyl (C=O) groups is 1. The molecule has 3 heteroatoms. The molecule has 0 aromatic heterocycles. The number of hydrogen-bond acceptors (Lipinski definition) is 3. The summed E-state index contributed by atoms with van der Waals surface area (Å²) in [4.78, 5) is 11.4. The van der Waals surface area contributed by atoms with E-state index in [1.165, 1.54) is 5.56 Å². The lowest BCUT2D eigenvalue weighted by Gasteiger charge is -2.32. The first-order valence-corrected chi connectivity index (χ1v) is 6.40. The van der Waals surface area contributed by atoms with Crippen molar-refractivity contribution in [3.8, 4) is 6.07 Å². The first-order chi connectivity index (χ1) is 8.78. The smallest absolute Gasteiger partial charge is 0.126 e. The molecule has 0 atom stereocenters. The van der Waals surface area contributed by atoms with E-state index in [1.807, 2.05) is 24.3 Å². The number of nitrogens with one attached hydrogen (secondary N) is 1. The fourth-order valence-electron chi connectivity index (χ4n) is 2.53. The minimum Gasteiger partial charge on any atom is -0.317 e. The van der Waals surface area contributed by atoms with Crippen molar-refractivity contribution in [1.29, 1.82) is 5.26 Å². The molecule has 94 valence electrons. The molecule has 1 aromatic carbocycles. The van der Waals surface area contributed by atoms with Gasteiger partial charge in [-0.25, -0.2) is 0 Å². The Labute approximate surface area is 108 Å². The van der Waals surface area contributed by atoms with E-state index in [0.717, 1.165) is 44.2 Å². The molecule has 3 nitrogen and oxygen atoms in total. The Balaban J connectivity index is 2.07. The predicted molar refractivity (Wildman–Crippen MR) is 70.1 cm³/mol. The third kappa shape index (κ3) is 2.96. The van der Waals surface area contributed by atoms with Crippen molar-refractivity contribution in [2.24, 2.45) is 5.41 Å². The van der Waals surface area contributed by atoms with Crippen molar-refractivity contribution in [1.82, 2.24) is 5.32 Å². The number of piperidine rings is 1. The van der Waals surface area contributed by atoms with Gasteiger partial charge in [-0.2, -0.15) is 5.26 Å². The van der Waals surface area contributed by atoms with E-state index in [2.05, 4.69) is 11.4 Å². The molecule has 1 N–H and O–H groups in total. The fourth-order valence-corrected chi connectivity index (χ4v) is 2.53. The van der Waals surface area contributed by atoms with Crippen LogP contribution in [0.2, 0.25) is 0 Å². The van der Waals surface area contributed by atoms with Crippen LogP contribution in [-0.2, 0) is 17.6 Å². The molecule has 0 aliphatic carbocycles. The molecule has 2 rings (SSSR count). The van der Waals surface area contributed by atoms with Crippen molar-refractivity contribution in [3.05, 3.63) is 35.4 Å². The molecule has 0 saturated carbocycles. The largest absolute Gasteiger partial charge is 0.317 e. The van der Waals surface area contributed by atoms with Gasteiger partial charge in [0.25, 0.3) is 0 Å². The van der Waals surface area contributed by atoms with Crippen molar-refractivity contribution in [3.63, 3.8) is 0 Å². The third-order valence-corrected chi connectivity index (χ3v) is 3.71. The van der Waals surface area contributed by atoms with Crippen molar-refractivity contribution in [2.75, 3.05) is 13.1 Å². The van der Waals surface area contributed by atoms with Crippen LogP contribution >= 0.6 is 0 Å². The fraction of sp³-hybridized carbons (Fsp3) is 0.467. The van der Waals surface area contributed by atoms with Crippen LogP contribution in [0.5, 0.6) is 0 Å². The topological polar surface area (TPSA) is 52.9 Å². The van der Waals surface area contributed by atoms with Gasteiger partial charge in [-0.15, -0.1) is 0 Å². The molecule has 1 aliphatic rings. The van der Waals surface area contributed by atoms with E-state index < -0.39 is 0 Å². The Hall–Kier alpha value is -1.66. The highest BCUT2D eigenvalue weighted by Crippen LogP contribution is 2.30. The summed E-state index contributed by atoms with van der Waals surface area (Å²) in [5.41, 5.74) is 2.03. The highest BCUT2D eigenvalue weighted by atomic mass is 16.1. The van der Waals surface area contributed by atoms with E-state index in [0.29, 0.717) is 6.42 Å². The number of carbonyl (C=O) groups excluding carboxylic acids is 1. The van der Waals surface area contributed by atoms with Gasteiger partial charge in [0.2, 0.25) is 0 Å². The Morgan fingerprint density at radius 3 is 2.39 bits per heavy atom. The first kappa shape index (κ1) is 12.8. The maximum Gasteiger partial charge on any atom is 0.126 e. The summed E-state index contributed by atoms with van der Waals surface area (Å²) in [5.74, 6) is 0. The zero-order valence-corrected chi connectivity index (χ0v) is 10.5. The molecular formula is C15H18N2O. The van der Waals surface area contributed by atoms with Gasteiger partial charge in [0.1, 0.15) is 6.29 Å². The minimum absolute atomic E-state index is 0.192. The zero-order chi connectivity index (χ0) is 12.8. The summed E-state index contributed by atoms with van der Waals surface area (Å²) < 4.78 is 0. The lowest BCUT2D eigenvalue weighted by molar-refractivity contribution is -0.117. The summed E-state index contributed by atoms with van der Waals surface area (Å²) in [5, 5.41) is 11.9. The van der Waals surface area contributed by atoms with Gasteiger partial charge in [0, 0.05) is 5.41 Å². The Kier molecular flexibility index (Phi) is 4.11. The normalized spacial score (nSPS) is 17.9. The Morgan fingerprint density at radius 1 is 1.22 bits per heavy atom. The van der Waals surface area contributed by atoms with E-state index in [4.69, 9.17) is 5.26 Å². The Bertz CT molecular complexity index is 439. The molecule has 0 spiro atoms. The molecule has 0 unspecified atom stereocenters. The molecule has 1 aliphatic heterocycles. The summed E-state index contributed by atoms with van der Waals surface area (Å²) >= 11 is 0. The number of nitriles is 1. The van der Waals surface area contributed by atoms with Crippen LogP contribution in [-0.4, -0.2) is 19.4 Å². The van der Waals surface area contributed by atoms with Crippen molar-refractivity contribution < 1.29 is 4.79 Å². The quantitative estimate of drug-likeness (QED) is 0.820. The third-order valence-electron chi connectivity index (χ3n) is 3.71. The van der Waals surface area contributed by atoms with Gasteiger partial charge in [0.05, 0.1) is 12.5 Å². The van der Waals surface area contributed by atoms with Crippen LogP contribution in [0.25, 0.3) is 0 Å². The molecule has 0 radical (unpaired) electrons. The maximum atomic E-state index is 11.4. The average Bonchev–Trinajstić information content (AvgIpc) is 2.42. The average molecular weight is 242 g/mol. The van der Waals surface area contributed by atoms with Crippen LogP contribution in [0.3, 0.4) is 0 Å². The molecule has 0 bridgehead atoms. The number of benzene rings is 1. The van der Waals surface area contributed by atoms with Crippen molar-refractivity contribution >= 4 is 6.29 Å². The SMILES string of the molecule is N#CCc1ccc(CC2(C=O)CCNCC2)cc1. The maximum absolute atomic E-state index is 11.4. The second kappa shape index (κ2) is 5.79. The molecular weight excluding hydrogens is 224 g/mol. The van der Waals surface area contributed by atoms with Crippen LogP contribution in [0.4, 0.5) is 0 Å². The summed E-state index contributed by atoms with van der Waals surface area (Å²) in [6, 6.07) is 10.2. The van der Waals surface area contributed by atoms with Gasteiger partial charge in [-0.05, 0) is 43.5 Å². The second-order valence-electron chi connectivity index (χ2n) is 5.06. The summed E-state index contributed by atoms with van der Waals surface area (Å²) in [6.45, 7) is 1.84. The molecule has 1 saturated heterocycles. The van der Waals surface area contributed by atoms with Gasteiger partial charge in [0.15, 0.2) is 0 Å². The minimum atomic E-state index is -0.192. The van der Waals surface area contributed by atoms with E-state index >= 15 is 0 Å². The molecule has 0 amide bonds. The highest BCUT2D eigenvalue weighted by molar-refractivity contribution is 5.60. The standard InChI is InChI=1S/C15H18N2O/c16-8-5-13-1-3-14(4-2-13)11-15(12-18)6-9-17-10-7-15/h1-4,12,17H,5-7,9-11H2. The summed E-state index contributed by atoms with van der Waals surface area (Å²) in [7, 11) is 0. The van der Waals surface area contributed by atoms with Crippen LogP contribution in [0.1, 0.15) is 24.0 Å². The monoisotopic (exact) mass is 242 g/mol. The zero-order valence-electron chi connectivity index (χ0n) is 10.5. The van der Waals surface area contributed by atoms with Gasteiger partial charge in [-0.1, -0.05) is 24.3 Å². The second-order valence-corrected chi connectivity index (χ2v) is 5.06. The van der Waals surface area contributed by atoms with E-state index in [1.54, 1.807) is 0 Å². The Morgan fingerprint density at radius 2 is 1.83 bits per heavy atom. The van der Waals surface area contributed by atoms with E-state index in [-0.39, 0.29) is 5.41 Å². The molecule has 1 heterocycles. The van der Waals surface area contributed by atoms with Gasteiger partial charge >= 0.3 is 0 Å². The molecule has 1 aromatic rings. The highest BCUT2D eigenvalue weighted by Gasteiger charge is 2.31. The van der Waals surface area contributed by atoms with Crippen molar-refractivity contribution in [2.45, 2.75) is 25.7 Å². The number of aldehydes is 1. The predicted octanol–water partition coefficient (Wildman–Crippen LogP) is 1.86. The molecule has 1 fully saturated rings. The van der Waals surface area contributed by atoms with Crippen LogP contribution < -0.4 is 5.32 Å². The van der Waals surface area contributed by atoms with Crippen LogP contribution in [0, 0.1) is 16.7 Å². The van der Waals surface area contributed by atoms with Crippen LogP contribution in [0.15, 0.2) is 24.3 Å². The van der Waals surface area contributed by atoms with Gasteiger partial charge < -0.3 is 10.1 Å².